The van der Waals surface area contributed by atoms with Crippen LogP contribution in [-0.4, -0.2) is 14.9 Å². The number of aromatic nitrogens is 2. The lowest BCUT2D eigenvalue weighted by Crippen LogP contribution is -2.25. The molecular formula is C22H18BrN3O. The maximum Gasteiger partial charge on any atom is 0.203 e. The molecule has 0 aliphatic heterocycles. The topological polar surface area (TPSA) is 50.8 Å². The molecule has 0 radical (unpaired) electrons. The van der Waals surface area contributed by atoms with Crippen molar-refractivity contribution < 1.29 is 4.79 Å². The van der Waals surface area contributed by atoms with Gasteiger partial charge in [0.2, 0.25) is 5.62 Å². The van der Waals surface area contributed by atoms with E-state index in [-0.39, 0.29) is 12.3 Å². The van der Waals surface area contributed by atoms with E-state index in [0.29, 0.717) is 11.2 Å². The Morgan fingerprint density at radius 1 is 0.963 bits per heavy atom. The van der Waals surface area contributed by atoms with Crippen molar-refractivity contribution in [3.8, 4) is 11.1 Å². The highest BCUT2D eigenvalue weighted by Crippen LogP contribution is 2.27. The standard InChI is InChI=1S/C22H18BrN3O/c1-25-21-18(15-6-3-2-4-7-15)8-5-9-19(21)26(22(25)24)14-20(27)16-10-12-17(23)13-11-16/h2-13,24H,14H2,1H3. The Morgan fingerprint density at radius 2 is 1.67 bits per heavy atom. The number of para-hydroxylation sites is 1. The van der Waals surface area contributed by atoms with E-state index in [4.69, 9.17) is 5.41 Å². The second-order valence-electron chi connectivity index (χ2n) is 6.44. The molecule has 4 nitrogen and oxygen atoms in total. The smallest absolute Gasteiger partial charge is 0.203 e. The Labute approximate surface area is 165 Å². The highest BCUT2D eigenvalue weighted by molar-refractivity contribution is 9.10. The van der Waals surface area contributed by atoms with Crippen molar-refractivity contribution in [3.05, 3.63) is 88.5 Å². The van der Waals surface area contributed by atoms with Crippen molar-refractivity contribution in [2.75, 3.05) is 0 Å². The van der Waals surface area contributed by atoms with Crippen LogP contribution >= 0.6 is 15.9 Å². The van der Waals surface area contributed by atoms with Crippen LogP contribution in [0.2, 0.25) is 0 Å². The number of carbonyl (C=O) groups excluding carboxylic acids is 1. The summed E-state index contributed by atoms with van der Waals surface area (Å²) in [7, 11) is 1.87. The predicted molar refractivity (Wildman–Crippen MR) is 111 cm³/mol. The van der Waals surface area contributed by atoms with E-state index >= 15 is 0 Å². The molecule has 0 unspecified atom stereocenters. The number of halogens is 1. The van der Waals surface area contributed by atoms with E-state index in [9.17, 15) is 4.79 Å². The van der Waals surface area contributed by atoms with Crippen molar-refractivity contribution in [3.63, 3.8) is 0 Å². The zero-order chi connectivity index (χ0) is 19.0. The Bertz CT molecular complexity index is 1190. The highest BCUT2D eigenvalue weighted by Gasteiger charge is 2.16. The lowest BCUT2D eigenvalue weighted by atomic mass is 10.0. The molecule has 4 rings (SSSR count). The van der Waals surface area contributed by atoms with Gasteiger partial charge in [-0.05, 0) is 23.8 Å². The van der Waals surface area contributed by atoms with Crippen LogP contribution in [0.5, 0.6) is 0 Å². The van der Waals surface area contributed by atoms with Crippen molar-refractivity contribution >= 4 is 32.7 Å². The zero-order valence-electron chi connectivity index (χ0n) is 14.8. The van der Waals surface area contributed by atoms with Crippen LogP contribution in [0.15, 0.2) is 77.3 Å². The number of imidazole rings is 1. The van der Waals surface area contributed by atoms with Crippen LogP contribution in [0.1, 0.15) is 10.4 Å². The average molecular weight is 420 g/mol. The van der Waals surface area contributed by atoms with Gasteiger partial charge in [0.15, 0.2) is 5.78 Å². The lowest BCUT2D eigenvalue weighted by Gasteiger charge is -2.07. The number of hydrogen-bond acceptors (Lipinski definition) is 2. The number of rotatable bonds is 4. The van der Waals surface area contributed by atoms with Gasteiger partial charge < -0.3 is 9.13 Å². The first kappa shape index (κ1) is 17.5. The Kier molecular flexibility index (Phi) is 4.54. The SMILES string of the molecule is Cn1c(=N)n(CC(=O)c2ccc(Br)cc2)c2cccc(-c3ccccc3)c21. The first-order valence-electron chi connectivity index (χ1n) is 8.63. The largest absolute Gasteiger partial charge is 0.313 e. The second kappa shape index (κ2) is 7.00. The molecule has 0 amide bonds. The quantitative estimate of drug-likeness (QED) is 0.475. The third-order valence-electron chi connectivity index (χ3n) is 4.77. The summed E-state index contributed by atoms with van der Waals surface area (Å²) in [6.45, 7) is 0.135. The predicted octanol–water partition coefficient (Wildman–Crippen LogP) is 4.77. The number of aryl methyl sites for hydroxylation is 1. The van der Waals surface area contributed by atoms with E-state index in [2.05, 4.69) is 34.1 Å². The van der Waals surface area contributed by atoms with Crippen LogP contribution in [0.4, 0.5) is 0 Å². The van der Waals surface area contributed by atoms with Crippen LogP contribution in [0.25, 0.3) is 22.2 Å². The van der Waals surface area contributed by atoms with Crippen LogP contribution in [-0.2, 0) is 13.6 Å². The third-order valence-corrected chi connectivity index (χ3v) is 5.30. The van der Waals surface area contributed by atoms with Crippen LogP contribution in [0.3, 0.4) is 0 Å². The number of benzene rings is 3. The summed E-state index contributed by atoms with van der Waals surface area (Å²) < 4.78 is 4.55. The summed E-state index contributed by atoms with van der Waals surface area (Å²) in [5.41, 5.74) is 4.93. The molecule has 0 atom stereocenters. The van der Waals surface area contributed by atoms with Gasteiger partial charge in [0, 0.05) is 22.6 Å². The molecule has 0 saturated heterocycles. The van der Waals surface area contributed by atoms with Gasteiger partial charge in [-0.2, -0.15) is 0 Å². The van der Waals surface area contributed by atoms with Gasteiger partial charge in [-0.15, -0.1) is 0 Å². The summed E-state index contributed by atoms with van der Waals surface area (Å²) >= 11 is 3.39. The fourth-order valence-corrected chi connectivity index (χ4v) is 3.65. The third kappa shape index (κ3) is 3.15. The van der Waals surface area contributed by atoms with Crippen LogP contribution < -0.4 is 5.62 Å². The Balaban J connectivity index is 1.83. The van der Waals surface area contributed by atoms with E-state index in [0.717, 1.165) is 26.6 Å². The van der Waals surface area contributed by atoms with E-state index < -0.39 is 0 Å². The molecule has 3 aromatic carbocycles. The van der Waals surface area contributed by atoms with Gasteiger partial charge >= 0.3 is 0 Å². The minimum Gasteiger partial charge on any atom is -0.313 e. The first-order valence-corrected chi connectivity index (χ1v) is 9.42. The molecule has 0 fully saturated rings. The molecule has 0 aliphatic rings. The van der Waals surface area contributed by atoms with Gasteiger partial charge in [-0.25, -0.2) is 0 Å². The number of ketones is 1. The number of nitrogens with one attached hydrogen (secondary N) is 1. The fourth-order valence-electron chi connectivity index (χ4n) is 3.38. The second-order valence-corrected chi connectivity index (χ2v) is 7.35. The van der Waals surface area contributed by atoms with Crippen LogP contribution in [0, 0.1) is 5.41 Å². The molecule has 4 aromatic rings. The number of carbonyl (C=O) groups is 1. The normalized spacial score (nSPS) is 11.0. The summed E-state index contributed by atoms with van der Waals surface area (Å²) in [6, 6.07) is 23.4. The number of Topliss-reactive ketones (excluding diaryl/α,β-unsaturated/α-hetero) is 1. The average Bonchev–Trinajstić information content (AvgIpc) is 2.94. The maximum absolute atomic E-state index is 12.8. The molecule has 1 heterocycles. The Hall–Kier alpha value is -2.92. The monoisotopic (exact) mass is 419 g/mol. The van der Waals surface area contributed by atoms with E-state index in [1.54, 1.807) is 16.7 Å². The van der Waals surface area contributed by atoms with Crippen molar-refractivity contribution in [2.24, 2.45) is 7.05 Å². The number of fused-ring (bicyclic) bond motifs is 1. The lowest BCUT2D eigenvalue weighted by molar-refractivity contribution is 0.0971. The van der Waals surface area contributed by atoms with Gasteiger partial charge in [0.25, 0.3) is 0 Å². The molecule has 5 heteroatoms. The summed E-state index contributed by atoms with van der Waals surface area (Å²) in [6.07, 6.45) is 0. The number of hydrogen-bond donors (Lipinski definition) is 1. The summed E-state index contributed by atoms with van der Waals surface area (Å²) in [5.74, 6) is -0.0152. The minimum atomic E-state index is -0.0152. The summed E-state index contributed by atoms with van der Waals surface area (Å²) in [5, 5.41) is 8.54. The molecule has 0 spiro atoms. The fraction of sp³-hybridized carbons (Fsp3) is 0.0909. The zero-order valence-corrected chi connectivity index (χ0v) is 16.4. The van der Waals surface area contributed by atoms with E-state index in [1.807, 2.05) is 54.1 Å². The molecule has 0 saturated carbocycles. The van der Waals surface area contributed by atoms with Gasteiger partial charge in [-0.3, -0.25) is 10.2 Å². The minimum absolute atomic E-state index is 0.0152. The molecule has 1 N–H and O–H groups in total. The highest BCUT2D eigenvalue weighted by atomic mass is 79.9. The first-order chi connectivity index (χ1) is 13.1. The number of nitrogens with zero attached hydrogens (tertiary/aromatic N) is 2. The maximum atomic E-state index is 12.8. The van der Waals surface area contributed by atoms with Gasteiger partial charge in [-0.1, -0.05) is 70.5 Å². The van der Waals surface area contributed by atoms with Crippen molar-refractivity contribution in [1.82, 2.24) is 9.13 Å². The molecule has 134 valence electrons. The molecular weight excluding hydrogens is 402 g/mol. The molecule has 27 heavy (non-hydrogen) atoms. The van der Waals surface area contributed by atoms with Gasteiger partial charge in [0.05, 0.1) is 17.6 Å². The Morgan fingerprint density at radius 3 is 2.37 bits per heavy atom. The van der Waals surface area contributed by atoms with Crippen molar-refractivity contribution in [2.45, 2.75) is 6.54 Å². The molecule has 0 bridgehead atoms. The summed E-state index contributed by atoms with van der Waals surface area (Å²) in [4.78, 5) is 12.8. The molecule has 1 aromatic heterocycles. The van der Waals surface area contributed by atoms with E-state index in [1.165, 1.54) is 0 Å². The van der Waals surface area contributed by atoms with Crippen molar-refractivity contribution in [1.29, 1.82) is 5.41 Å². The van der Waals surface area contributed by atoms with Gasteiger partial charge in [0.1, 0.15) is 0 Å². The molecule has 0 aliphatic carbocycles.